The molecule has 6 heteroatoms. The van der Waals surface area contributed by atoms with Gasteiger partial charge in [-0.15, -0.1) is 0 Å². The average Bonchev–Trinajstić information content (AvgIpc) is 2.51. The summed E-state index contributed by atoms with van der Waals surface area (Å²) in [6.07, 6.45) is 0. The molecular formula is C15H20N6. The fraction of sp³-hybridized carbons (Fsp3) is 0.333. The molecule has 110 valence electrons. The number of piperazine rings is 1. The Kier molecular flexibility index (Phi) is 3.62. The van der Waals surface area contributed by atoms with Crippen LogP contribution in [0.3, 0.4) is 0 Å². The van der Waals surface area contributed by atoms with Crippen molar-refractivity contribution in [3.05, 3.63) is 30.3 Å². The van der Waals surface area contributed by atoms with E-state index in [0.29, 0.717) is 11.4 Å². The summed E-state index contributed by atoms with van der Waals surface area (Å²) in [6.45, 7) is 3.77. The number of likely N-dealkylation sites (N-methyl/N-ethyl adjacent to an activating group) is 1. The van der Waals surface area contributed by atoms with Crippen molar-refractivity contribution in [1.82, 2.24) is 14.9 Å². The van der Waals surface area contributed by atoms with Gasteiger partial charge >= 0.3 is 0 Å². The minimum atomic E-state index is 0.261. The van der Waals surface area contributed by atoms with Crippen LogP contribution in [-0.2, 0) is 0 Å². The van der Waals surface area contributed by atoms with Crippen molar-refractivity contribution in [2.45, 2.75) is 0 Å². The minimum Gasteiger partial charge on any atom is -0.394 e. The number of rotatable bonds is 2. The summed E-state index contributed by atoms with van der Waals surface area (Å²) in [5.41, 5.74) is 14.5. The first kappa shape index (κ1) is 13.6. The molecule has 0 bridgehead atoms. The third-order valence-electron chi connectivity index (χ3n) is 3.79. The molecule has 2 heterocycles. The fourth-order valence-electron chi connectivity index (χ4n) is 2.55. The summed E-state index contributed by atoms with van der Waals surface area (Å²) < 4.78 is 0. The average molecular weight is 284 g/mol. The zero-order valence-electron chi connectivity index (χ0n) is 12.2. The maximum absolute atomic E-state index is 6.31. The van der Waals surface area contributed by atoms with Crippen LogP contribution in [0.25, 0.3) is 11.3 Å². The predicted molar refractivity (Wildman–Crippen MR) is 86.0 cm³/mol. The highest BCUT2D eigenvalue weighted by Crippen LogP contribution is 2.32. The van der Waals surface area contributed by atoms with Crippen LogP contribution in [0.4, 0.5) is 17.5 Å². The molecule has 6 nitrogen and oxygen atoms in total. The van der Waals surface area contributed by atoms with Crippen molar-refractivity contribution in [3.8, 4) is 11.3 Å². The van der Waals surface area contributed by atoms with Gasteiger partial charge in [0.05, 0.1) is 0 Å². The second-order valence-corrected chi connectivity index (χ2v) is 5.32. The van der Waals surface area contributed by atoms with Crippen LogP contribution in [0.1, 0.15) is 0 Å². The molecule has 4 N–H and O–H groups in total. The van der Waals surface area contributed by atoms with Crippen LogP contribution in [-0.4, -0.2) is 48.1 Å². The largest absolute Gasteiger partial charge is 0.394 e. The quantitative estimate of drug-likeness (QED) is 0.858. The lowest BCUT2D eigenvalue weighted by Crippen LogP contribution is -2.45. The SMILES string of the molecule is CN1CCN(c2nc(N)nc(-c3ccccc3)c2N)CC1. The van der Waals surface area contributed by atoms with Gasteiger partial charge in [0.2, 0.25) is 5.95 Å². The minimum absolute atomic E-state index is 0.261. The Morgan fingerprint density at radius 3 is 2.29 bits per heavy atom. The van der Waals surface area contributed by atoms with Gasteiger partial charge in [-0.1, -0.05) is 30.3 Å². The standard InChI is InChI=1S/C15H20N6/c1-20-7-9-21(10-8-20)14-12(16)13(18-15(17)19-14)11-5-3-2-4-6-11/h2-6H,7-10,16H2,1H3,(H2,17,18,19). The maximum Gasteiger partial charge on any atom is 0.222 e. The summed E-state index contributed by atoms with van der Waals surface area (Å²) in [7, 11) is 2.12. The third-order valence-corrected chi connectivity index (χ3v) is 3.79. The van der Waals surface area contributed by atoms with E-state index in [0.717, 1.165) is 37.6 Å². The Hall–Kier alpha value is -2.34. The first-order chi connectivity index (χ1) is 10.1. The third kappa shape index (κ3) is 2.75. The van der Waals surface area contributed by atoms with E-state index >= 15 is 0 Å². The number of benzene rings is 1. The smallest absolute Gasteiger partial charge is 0.222 e. The summed E-state index contributed by atoms with van der Waals surface area (Å²) in [4.78, 5) is 13.1. The highest BCUT2D eigenvalue weighted by molar-refractivity contribution is 5.82. The number of anilines is 3. The zero-order chi connectivity index (χ0) is 14.8. The summed E-state index contributed by atoms with van der Waals surface area (Å²) >= 11 is 0. The monoisotopic (exact) mass is 284 g/mol. The van der Waals surface area contributed by atoms with Gasteiger partial charge in [-0.3, -0.25) is 0 Å². The lowest BCUT2D eigenvalue weighted by Gasteiger charge is -2.34. The van der Waals surface area contributed by atoms with Crippen LogP contribution in [0.15, 0.2) is 30.3 Å². The van der Waals surface area contributed by atoms with Gasteiger partial charge in [-0.05, 0) is 7.05 Å². The molecule has 0 unspecified atom stereocenters. The van der Waals surface area contributed by atoms with Gasteiger partial charge in [-0.2, -0.15) is 4.98 Å². The highest BCUT2D eigenvalue weighted by atomic mass is 15.3. The Balaban J connectivity index is 2.00. The van der Waals surface area contributed by atoms with Crippen molar-refractivity contribution < 1.29 is 0 Å². The van der Waals surface area contributed by atoms with E-state index in [1.807, 2.05) is 30.3 Å². The van der Waals surface area contributed by atoms with E-state index in [2.05, 4.69) is 26.8 Å². The molecule has 2 aromatic rings. The number of hydrogen-bond acceptors (Lipinski definition) is 6. The van der Waals surface area contributed by atoms with Crippen molar-refractivity contribution in [3.63, 3.8) is 0 Å². The van der Waals surface area contributed by atoms with Gasteiger partial charge < -0.3 is 21.3 Å². The predicted octanol–water partition coefficient (Wildman–Crippen LogP) is 1.06. The van der Waals surface area contributed by atoms with Gasteiger partial charge in [0.1, 0.15) is 11.4 Å². The number of nitrogen functional groups attached to an aromatic ring is 2. The van der Waals surface area contributed by atoms with E-state index in [-0.39, 0.29) is 5.95 Å². The van der Waals surface area contributed by atoms with Crippen molar-refractivity contribution >= 4 is 17.5 Å². The molecule has 1 aromatic heterocycles. The Morgan fingerprint density at radius 1 is 0.952 bits per heavy atom. The molecular weight excluding hydrogens is 264 g/mol. The summed E-state index contributed by atoms with van der Waals surface area (Å²) in [5.74, 6) is 1.01. The van der Waals surface area contributed by atoms with Gasteiger partial charge in [-0.25, -0.2) is 4.98 Å². The zero-order valence-corrected chi connectivity index (χ0v) is 12.2. The molecule has 0 atom stereocenters. The van der Waals surface area contributed by atoms with Crippen LogP contribution in [0, 0.1) is 0 Å². The summed E-state index contributed by atoms with van der Waals surface area (Å²) in [5, 5.41) is 0. The molecule has 21 heavy (non-hydrogen) atoms. The van der Waals surface area contributed by atoms with E-state index < -0.39 is 0 Å². The molecule has 3 rings (SSSR count). The molecule has 1 saturated heterocycles. The maximum atomic E-state index is 6.31. The van der Waals surface area contributed by atoms with Gasteiger partial charge in [0.15, 0.2) is 5.82 Å². The molecule has 1 fully saturated rings. The van der Waals surface area contributed by atoms with E-state index in [9.17, 15) is 0 Å². The van der Waals surface area contributed by atoms with Crippen LogP contribution >= 0.6 is 0 Å². The van der Waals surface area contributed by atoms with Crippen LogP contribution < -0.4 is 16.4 Å². The first-order valence-electron chi connectivity index (χ1n) is 7.07. The molecule has 0 amide bonds. The highest BCUT2D eigenvalue weighted by Gasteiger charge is 2.21. The van der Waals surface area contributed by atoms with Gasteiger partial charge in [0, 0.05) is 31.7 Å². The van der Waals surface area contributed by atoms with Crippen molar-refractivity contribution in [2.75, 3.05) is 49.6 Å². The Bertz CT molecular complexity index is 620. The molecule has 1 aliphatic rings. The van der Waals surface area contributed by atoms with Gasteiger partial charge in [0.25, 0.3) is 0 Å². The lowest BCUT2D eigenvalue weighted by molar-refractivity contribution is 0.312. The topological polar surface area (TPSA) is 84.3 Å². The molecule has 0 saturated carbocycles. The summed E-state index contributed by atoms with van der Waals surface area (Å²) in [6, 6.07) is 9.84. The second-order valence-electron chi connectivity index (χ2n) is 5.32. The second kappa shape index (κ2) is 5.57. The van der Waals surface area contributed by atoms with Crippen molar-refractivity contribution in [2.24, 2.45) is 0 Å². The molecule has 0 spiro atoms. The number of nitrogens with zero attached hydrogens (tertiary/aromatic N) is 4. The Morgan fingerprint density at radius 2 is 1.62 bits per heavy atom. The molecule has 0 radical (unpaired) electrons. The van der Waals surface area contributed by atoms with Crippen molar-refractivity contribution in [1.29, 1.82) is 0 Å². The lowest BCUT2D eigenvalue weighted by atomic mass is 10.1. The van der Waals surface area contributed by atoms with E-state index in [1.54, 1.807) is 0 Å². The number of nitrogens with two attached hydrogens (primary N) is 2. The first-order valence-corrected chi connectivity index (χ1v) is 7.07. The molecule has 1 aliphatic heterocycles. The number of hydrogen-bond donors (Lipinski definition) is 2. The fourth-order valence-corrected chi connectivity index (χ4v) is 2.55. The molecule has 0 aliphatic carbocycles. The van der Waals surface area contributed by atoms with Crippen LogP contribution in [0.5, 0.6) is 0 Å². The molecule has 1 aromatic carbocycles. The van der Waals surface area contributed by atoms with Crippen LogP contribution in [0.2, 0.25) is 0 Å². The van der Waals surface area contributed by atoms with E-state index in [1.165, 1.54) is 0 Å². The number of aromatic nitrogens is 2. The Labute approximate surface area is 124 Å². The van der Waals surface area contributed by atoms with E-state index in [4.69, 9.17) is 11.5 Å². The normalized spacial score (nSPS) is 16.1.